The number of rotatable bonds is 4. The van der Waals surface area contributed by atoms with Crippen LogP contribution in [0.15, 0.2) is 48.9 Å². The highest BCUT2D eigenvalue weighted by atomic mass is 32.2. The second-order valence-electron chi connectivity index (χ2n) is 7.70. The quantitative estimate of drug-likeness (QED) is 0.524. The number of piperidine rings is 1. The topological polar surface area (TPSA) is 104 Å². The lowest BCUT2D eigenvalue weighted by atomic mass is 10.0. The molecular weight excluding hydrogens is 400 g/mol. The standard InChI is InChI=1S/C21H22N6O2S/c1-30(28,29)27-8-5-17(6-9-27)25-20-11-18-15(12-23-20)4-7-22-21(18)14-2-3-19-16(10-14)13-24-26-19/h2-4,7,10-13,17H,5-6,8-9H2,1H3,(H,23,25)(H,24,26). The smallest absolute Gasteiger partial charge is 0.211 e. The Balaban J connectivity index is 1.43. The van der Waals surface area contributed by atoms with Gasteiger partial charge in [0.05, 0.1) is 23.7 Å². The average Bonchev–Trinajstić information content (AvgIpc) is 3.21. The number of fused-ring (bicyclic) bond motifs is 2. The lowest BCUT2D eigenvalue weighted by Gasteiger charge is -2.30. The van der Waals surface area contributed by atoms with Gasteiger partial charge in [0.1, 0.15) is 5.82 Å². The minimum atomic E-state index is -3.12. The van der Waals surface area contributed by atoms with E-state index in [4.69, 9.17) is 0 Å². The van der Waals surface area contributed by atoms with Crippen LogP contribution in [0, 0.1) is 0 Å². The molecule has 0 atom stereocenters. The van der Waals surface area contributed by atoms with Gasteiger partial charge in [0.25, 0.3) is 0 Å². The van der Waals surface area contributed by atoms with Gasteiger partial charge < -0.3 is 5.32 Å². The minimum Gasteiger partial charge on any atom is -0.367 e. The summed E-state index contributed by atoms with van der Waals surface area (Å²) >= 11 is 0. The Kier molecular flexibility index (Phi) is 4.63. The van der Waals surface area contributed by atoms with Gasteiger partial charge in [0.2, 0.25) is 10.0 Å². The first kappa shape index (κ1) is 19.0. The lowest BCUT2D eigenvalue weighted by molar-refractivity contribution is 0.331. The Morgan fingerprint density at radius 3 is 2.70 bits per heavy atom. The van der Waals surface area contributed by atoms with Crippen molar-refractivity contribution in [2.75, 3.05) is 24.7 Å². The van der Waals surface area contributed by atoms with Gasteiger partial charge >= 0.3 is 0 Å². The van der Waals surface area contributed by atoms with Crippen LogP contribution in [0.1, 0.15) is 12.8 Å². The number of nitrogens with one attached hydrogen (secondary N) is 2. The van der Waals surface area contributed by atoms with Crippen LogP contribution in [0.2, 0.25) is 0 Å². The summed E-state index contributed by atoms with van der Waals surface area (Å²) in [6.45, 7) is 1.06. The van der Waals surface area contributed by atoms with E-state index < -0.39 is 10.0 Å². The summed E-state index contributed by atoms with van der Waals surface area (Å²) < 4.78 is 25.0. The fourth-order valence-electron chi connectivity index (χ4n) is 4.01. The molecule has 9 heteroatoms. The molecule has 4 aromatic rings. The Bertz CT molecular complexity index is 1330. The third-order valence-electron chi connectivity index (χ3n) is 5.64. The fourth-order valence-corrected chi connectivity index (χ4v) is 4.88. The Hall–Kier alpha value is -3.04. The van der Waals surface area contributed by atoms with E-state index in [9.17, 15) is 8.42 Å². The van der Waals surface area contributed by atoms with Crippen molar-refractivity contribution in [1.29, 1.82) is 0 Å². The first-order chi connectivity index (χ1) is 14.5. The number of hydrogen-bond donors (Lipinski definition) is 2. The summed E-state index contributed by atoms with van der Waals surface area (Å²) in [4.78, 5) is 9.19. The number of aromatic nitrogens is 4. The van der Waals surface area contributed by atoms with Gasteiger partial charge in [0, 0.05) is 53.2 Å². The molecule has 0 radical (unpaired) electrons. The van der Waals surface area contributed by atoms with Crippen LogP contribution in [0.4, 0.5) is 5.82 Å². The monoisotopic (exact) mass is 422 g/mol. The minimum absolute atomic E-state index is 0.190. The van der Waals surface area contributed by atoms with E-state index >= 15 is 0 Å². The highest BCUT2D eigenvalue weighted by Crippen LogP contribution is 2.30. The van der Waals surface area contributed by atoms with Gasteiger partial charge in [0.15, 0.2) is 0 Å². The van der Waals surface area contributed by atoms with E-state index in [1.54, 1.807) is 12.4 Å². The van der Waals surface area contributed by atoms with Crippen molar-refractivity contribution in [1.82, 2.24) is 24.5 Å². The van der Waals surface area contributed by atoms with Gasteiger partial charge in [-0.1, -0.05) is 6.07 Å². The van der Waals surface area contributed by atoms with Crippen LogP contribution in [0.3, 0.4) is 0 Å². The van der Waals surface area contributed by atoms with Crippen molar-refractivity contribution < 1.29 is 8.42 Å². The van der Waals surface area contributed by atoms with E-state index in [1.165, 1.54) is 10.6 Å². The SMILES string of the molecule is CS(=O)(=O)N1CCC(Nc2cc3c(-c4ccc5[nH]ncc5c4)nccc3cn2)CC1. The maximum atomic E-state index is 11.7. The van der Waals surface area contributed by atoms with Gasteiger partial charge in [-0.2, -0.15) is 5.10 Å². The largest absolute Gasteiger partial charge is 0.367 e. The van der Waals surface area contributed by atoms with Crippen molar-refractivity contribution in [3.05, 3.63) is 48.9 Å². The van der Waals surface area contributed by atoms with Gasteiger partial charge in [-0.15, -0.1) is 0 Å². The molecule has 0 amide bonds. The third-order valence-corrected chi connectivity index (χ3v) is 6.94. The van der Waals surface area contributed by atoms with Gasteiger partial charge in [-0.25, -0.2) is 17.7 Å². The van der Waals surface area contributed by atoms with Crippen molar-refractivity contribution in [2.45, 2.75) is 18.9 Å². The predicted molar refractivity (Wildman–Crippen MR) is 118 cm³/mol. The van der Waals surface area contributed by atoms with Crippen LogP contribution < -0.4 is 5.32 Å². The summed E-state index contributed by atoms with van der Waals surface area (Å²) in [5.41, 5.74) is 2.91. The van der Waals surface area contributed by atoms with E-state index in [1.807, 2.05) is 30.5 Å². The van der Waals surface area contributed by atoms with Crippen molar-refractivity contribution in [3.8, 4) is 11.3 Å². The molecule has 30 heavy (non-hydrogen) atoms. The van der Waals surface area contributed by atoms with Crippen LogP contribution in [0.25, 0.3) is 32.9 Å². The second kappa shape index (κ2) is 7.33. The molecule has 0 aliphatic carbocycles. The van der Waals surface area contributed by atoms with Crippen LogP contribution in [-0.4, -0.2) is 58.3 Å². The molecule has 0 saturated carbocycles. The number of benzene rings is 1. The molecule has 1 aliphatic heterocycles. The zero-order valence-corrected chi connectivity index (χ0v) is 17.4. The highest BCUT2D eigenvalue weighted by Gasteiger charge is 2.25. The van der Waals surface area contributed by atoms with Crippen LogP contribution in [-0.2, 0) is 10.0 Å². The Morgan fingerprint density at radius 1 is 1.07 bits per heavy atom. The normalized spacial score (nSPS) is 16.3. The van der Waals surface area contributed by atoms with E-state index in [2.05, 4.69) is 31.5 Å². The van der Waals surface area contributed by atoms with Crippen LogP contribution >= 0.6 is 0 Å². The molecule has 2 N–H and O–H groups in total. The molecule has 5 rings (SSSR count). The molecule has 3 aromatic heterocycles. The molecular formula is C21H22N6O2S. The van der Waals surface area contributed by atoms with Crippen molar-refractivity contribution >= 4 is 37.5 Å². The molecule has 1 fully saturated rings. The number of anilines is 1. The first-order valence-electron chi connectivity index (χ1n) is 9.87. The summed E-state index contributed by atoms with van der Waals surface area (Å²) in [5.74, 6) is 0.777. The maximum absolute atomic E-state index is 11.7. The Morgan fingerprint density at radius 2 is 1.90 bits per heavy atom. The zero-order valence-electron chi connectivity index (χ0n) is 16.5. The van der Waals surface area contributed by atoms with Crippen molar-refractivity contribution in [2.24, 2.45) is 0 Å². The van der Waals surface area contributed by atoms with E-state index in [0.29, 0.717) is 13.1 Å². The van der Waals surface area contributed by atoms with Crippen LogP contribution in [0.5, 0.6) is 0 Å². The molecule has 0 unspecified atom stereocenters. The number of nitrogens with zero attached hydrogens (tertiary/aromatic N) is 4. The molecule has 0 bridgehead atoms. The maximum Gasteiger partial charge on any atom is 0.211 e. The highest BCUT2D eigenvalue weighted by molar-refractivity contribution is 7.88. The van der Waals surface area contributed by atoms with Gasteiger partial charge in [-0.05, 0) is 37.1 Å². The molecule has 0 spiro atoms. The van der Waals surface area contributed by atoms with E-state index in [0.717, 1.165) is 51.6 Å². The summed E-state index contributed by atoms with van der Waals surface area (Å²) in [6, 6.07) is 10.3. The van der Waals surface area contributed by atoms with Gasteiger partial charge in [-0.3, -0.25) is 10.1 Å². The van der Waals surface area contributed by atoms with E-state index in [-0.39, 0.29) is 6.04 Å². The zero-order chi connectivity index (χ0) is 20.7. The fraction of sp³-hybridized carbons (Fsp3) is 0.286. The number of hydrogen-bond acceptors (Lipinski definition) is 6. The summed E-state index contributed by atoms with van der Waals surface area (Å²) in [6.07, 6.45) is 8.23. The molecule has 8 nitrogen and oxygen atoms in total. The van der Waals surface area contributed by atoms with Crippen molar-refractivity contribution in [3.63, 3.8) is 0 Å². The number of H-pyrrole nitrogens is 1. The lowest BCUT2D eigenvalue weighted by Crippen LogP contribution is -2.41. The Labute approximate surface area is 174 Å². The first-order valence-corrected chi connectivity index (χ1v) is 11.7. The number of aromatic amines is 1. The number of sulfonamides is 1. The molecule has 1 saturated heterocycles. The second-order valence-corrected chi connectivity index (χ2v) is 9.69. The molecule has 154 valence electrons. The predicted octanol–water partition coefficient (Wildman–Crippen LogP) is 3.01. The molecule has 4 heterocycles. The molecule has 1 aromatic carbocycles. The summed E-state index contributed by atoms with van der Waals surface area (Å²) in [7, 11) is -3.12. The average molecular weight is 423 g/mol. The summed E-state index contributed by atoms with van der Waals surface area (Å²) in [5, 5.41) is 13.6. The third kappa shape index (κ3) is 3.61. The molecule has 1 aliphatic rings. The number of pyridine rings is 2.